The number of nitrogens with zero attached hydrogens (tertiary/aromatic N) is 1. The number of carbonyl (C=O) groups is 4. The van der Waals surface area contributed by atoms with Crippen LogP contribution in [-0.2, 0) is 19.2 Å². The molecular formula is C30H31NO6. The summed E-state index contributed by atoms with van der Waals surface area (Å²) >= 11 is 0. The number of allylic oxidation sites excluding steroid dienone is 7. The summed E-state index contributed by atoms with van der Waals surface area (Å²) in [7, 11) is 1.47. The van der Waals surface area contributed by atoms with E-state index in [9.17, 15) is 24.3 Å². The van der Waals surface area contributed by atoms with Crippen molar-refractivity contribution in [1.82, 2.24) is 4.90 Å². The van der Waals surface area contributed by atoms with E-state index in [1.54, 1.807) is 19.1 Å². The van der Waals surface area contributed by atoms with Crippen molar-refractivity contribution in [3.63, 3.8) is 0 Å². The first-order valence-corrected chi connectivity index (χ1v) is 12.6. The highest BCUT2D eigenvalue weighted by Crippen LogP contribution is 2.53. The van der Waals surface area contributed by atoms with Gasteiger partial charge in [-0.05, 0) is 70.2 Å². The first-order chi connectivity index (χ1) is 17.4. The van der Waals surface area contributed by atoms with Gasteiger partial charge in [0.15, 0.2) is 23.1 Å². The predicted octanol–water partition coefficient (Wildman–Crippen LogP) is 4.17. The fraction of sp³-hybridized carbons (Fsp3) is 0.400. The standard InChI is InChI=1S/C30H31NO6/c1-15-12-23(33)25-18(8-6-16-7-11-22(32)24(13-16)37-5)17-9-10-19-26(20(17)14-21(25)27(15)34)29(36)31(28(19)35)30(2,3)4/h6-9,11-13,18-20,26,32H,10,14H2,1-5H3/t18-,19-,20+,26-/m0/s1. The SMILES string of the molecule is COc1cc(C=C[C@H]2C3=CC[C@@H]4C(=O)N(C(C)(C)C)C(=O)[C@@H]4[C@@H]3CC3=C2C(=O)C=C(C)C3=O)ccc1O. The predicted molar refractivity (Wildman–Crippen MR) is 137 cm³/mol. The smallest absolute Gasteiger partial charge is 0.234 e. The molecule has 0 spiro atoms. The first-order valence-electron chi connectivity index (χ1n) is 12.6. The summed E-state index contributed by atoms with van der Waals surface area (Å²) < 4.78 is 5.21. The molecule has 7 heteroatoms. The van der Waals surface area contributed by atoms with Crippen molar-refractivity contribution in [3.8, 4) is 11.5 Å². The number of methoxy groups -OCH3 is 1. The van der Waals surface area contributed by atoms with Gasteiger partial charge in [-0.2, -0.15) is 0 Å². The van der Waals surface area contributed by atoms with Crippen molar-refractivity contribution in [2.24, 2.45) is 23.7 Å². The van der Waals surface area contributed by atoms with Crippen LogP contribution in [0.4, 0.5) is 0 Å². The van der Waals surface area contributed by atoms with E-state index in [0.717, 1.165) is 11.1 Å². The van der Waals surface area contributed by atoms with Gasteiger partial charge in [-0.1, -0.05) is 29.9 Å². The van der Waals surface area contributed by atoms with Gasteiger partial charge in [0.2, 0.25) is 11.8 Å². The molecule has 4 aliphatic rings. The van der Waals surface area contributed by atoms with Crippen LogP contribution in [0.2, 0.25) is 0 Å². The van der Waals surface area contributed by atoms with E-state index >= 15 is 0 Å². The molecule has 5 rings (SSSR count). The lowest BCUT2D eigenvalue weighted by Crippen LogP contribution is -2.46. The van der Waals surface area contributed by atoms with Crippen LogP contribution >= 0.6 is 0 Å². The van der Waals surface area contributed by atoms with Crippen molar-refractivity contribution in [1.29, 1.82) is 0 Å². The van der Waals surface area contributed by atoms with Crippen molar-refractivity contribution in [2.45, 2.75) is 46.1 Å². The van der Waals surface area contributed by atoms with Gasteiger partial charge in [0, 0.05) is 28.2 Å². The number of benzene rings is 1. The van der Waals surface area contributed by atoms with Gasteiger partial charge in [-0.25, -0.2) is 0 Å². The van der Waals surface area contributed by atoms with Crippen LogP contribution in [0, 0.1) is 23.7 Å². The normalized spacial score (nSPS) is 27.8. The minimum Gasteiger partial charge on any atom is -0.504 e. The average Bonchev–Trinajstić information content (AvgIpc) is 3.11. The monoisotopic (exact) mass is 501 g/mol. The molecule has 3 aliphatic carbocycles. The van der Waals surface area contributed by atoms with Crippen LogP contribution in [0.15, 0.2) is 58.7 Å². The number of carbonyl (C=O) groups excluding carboxylic acids is 4. The quantitative estimate of drug-likeness (QED) is 0.379. The fourth-order valence-electron chi connectivity index (χ4n) is 6.33. The third-order valence-electron chi connectivity index (χ3n) is 7.97. The Morgan fingerprint density at radius 3 is 2.49 bits per heavy atom. The van der Waals surface area contributed by atoms with Gasteiger partial charge in [-0.3, -0.25) is 24.1 Å². The van der Waals surface area contributed by atoms with Gasteiger partial charge in [-0.15, -0.1) is 0 Å². The molecule has 0 aromatic heterocycles. The number of imide groups is 1. The molecule has 1 N–H and O–H groups in total. The van der Waals surface area contributed by atoms with E-state index in [2.05, 4.69) is 0 Å². The Kier molecular flexibility index (Phi) is 5.85. The topological polar surface area (TPSA) is 101 Å². The van der Waals surface area contributed by atoms with E-state index < -0.39 is 23.3 Å². The van der Waals surface area contributed by atoms with Crippen LogP contribution in [0.1, 0.15) is 46.1 Å². The maximum absolute atomic E-state index is 13.7. The molecule has 2 amide bonds. The van der Waals surface area contributed by atoms with Crippen LogP contribution < -0.4 is 4.74 Å². The summed E-state index contributed by atoms with van der Waals surface area (Å²) in [4.78, 5) is 54.8. The van der Waals surface area contributed by atoms with E-state index in [1.165, 1.54) is 24.2 Å². The van der Waals surface area contributed by atoms with Gasteiger partial charge < -0.3 is 9.84 Å². The summed E-state index contributed by atoms with van der Waals surface area (Å²) in [5.74, 6) is -2.25. The lowest BCUT2D eigenvalue weighted by atomic mass is 9.60. The summed E-state index contributed by atoms with van der Waals surface area (Å²) in [5, 5.41) is 9.94. The van der Waals surface area contributed by atoms with Gasteiger partial charge in [0.25, 0.3) is 0 Å². The summed E-state index contributed by atoms with van der Waals surface area (Å²) in [6.07, 6.45) is 7.80. The van der Waals surface area contributed by atoms with Crippen LogP contribution in [0.25, 0.3) is 6.08 Å². The molecule has 192 valence electrons. The minimum absolute atomic E-state index is 0.0184. The number of rotatable bonds is 3. The molecule has 37 heavy (non-hydrogen) atoms. The van der Waals surface area contributed by atoms with Crippen molar-refractivity contribution < 1.29 is 29.0 Å². The number of aromatic hydroxyl groups is 1. The summed E-state index contributed by atoms with van der Waals surface area (Å²) in [5.41, 5.74) is 2.30. The number of amides is 2. The van der Waals surface area contributed by atoms with Crippen molar-refractivity contribution in [3.05, 3.63) is 64.3 Å². The molecule has 0 bridgehead atoms. The lowest BCUT2D eigenvalue weighted by Gasteiger charge is -2.41. The molecule has 1 aliphatic heterocycles. The Balaban J connectivity index is 1.61. The third kappa shape index (κ3) is 3.88. The maximum atomic E-state index is 13.7. The van der Waals surface area contributed by atoms with Crippen LogP contribution in [0.5, 0.6) is 11.5 Å². The van der Waals surface area contributed by atoms with Crippen LogP contribution in [-0.4, -0.2) is 46.0 Å². The number of likely N-dealkylation sites (tertiary alicyclic amines) is 1. The molecular weight excluding hydrogens is 470 g/mol. The van der Waals surface area contributed by atoms with Crippen LogP contribution in [0.3, 0.4) is 0 Å². The first kappa shape index (κ1) is 24.9. The zero-order valence-electron chi connectivity index (χ0n) is 21.7. The number of phenolic OH excluding ortho intramolecular Hbond substituents is 1. The second kappa shape index (κ2) is 8.68. The number of phenols is 1. The highest BCUT2D eigenvalue weighted by molar-refractivity contribution is 6.23. The number of ketones is 2. The van der Waals surface area contributed by atoms with E-state index in [4.69, 9.17) is 4.74 Å². The molecule has 1 fully saturated rings. The van der Waals surface area contributed by atoms with E-state index in [1.807, 2.05) is 39.0 Å². The minimum atomic E-state index is -0.641. The Morgan fingerprint density at radius 1 is 1.08 bits per heavy atom. The van der Waals surface area contributed by atoms with Crippen molar-refractivity contribution >= 4 is 29.5 Å². The molecule has 1 aromatic carbocycles. The van der Waals surface area contributed by atoms with E-state index in [0.29, 0.717) is 28.9 Å². The Morgan fingerprint density at radius 2 is 1.81 bits per heavy atom. The summed E-state index contributed by atoms with van der Waals surface area (Å²) in [6.45, 7) is 7.19. The molecule has 7 nitrogen and oxygen atoms in total. The highest BCUT2D eigenvalue weighted by Gasteiger charge is 2.57. The molecule has 4 atom stereocenters. The second-order valence-corrected chi connectivity index (χ2v) is 11.2. The highest BCUT2D eigenvalue weighted by atomic mass is 16.5. The molecule has 1 aromatic rings. The number of ether oxygens (including phenoxy) is 1. The largest absolute Gasteiger partial charge is 0.504 e. The van der Waals surface area contributed by atoms with Gasteiger partial charge in [0.05, 0.1) is 18.9 Å². The number of Topliss-reactive ketones (excluding diaryl/α,β-unsaturated/α-hetero) is 1. The van der Waals surface area contributed by atoms with Crippen molar-refractivity contribution in [2.75, 3.05) is 7.11 Å². The molecule has 0 saturated carbocycles. The Hall–Kier alpha value is -3.74. The molecule has 1 heterocycles. The van der Waals surface area contributed by atoms with E-state index in [-0.39, 0.29) is 41.5 Å². The Labute approximate surface area is 216 Å². The number of fused-ring (bicyclic) bond motifs is 3. The Bertz CT molecular complexity index is 1370. The summed E-state index contributed by atoms with van der Waals surface area (Å²) in [6, 6.07) is 4.95. The molecule has 1 saturated heterocycles. The average molecular weight is 502 g/mol. The van der Waals surface area contributed by atoms with Gasteiger partial charge >= 0.3 is 0 Å². The lowest BCUT2D eigenvalue weighted by molar-refractivity contribution is -0.145. The van der Waals surface area contributed by atoms with Gasteiger partial charge in [0.1, 0.15) is 0 Å². The fourth-order valence-corrected chi connectivity index (χ4v) is 6.33. The molecule has 0 radical (unpaired) electrons. The zero-order valence-corrected chi connectivity index (χ0v) is 21.7. The number of hydrogen-bond donors (Lipinski definition) is 1. The zero-order chi connectivity index (χ0) is 26.8. The molecule has 0 unspecified atom stereocenters. The third-order valence-corrected chi connectivity index (χ3v) is 7.97. The second-order valence-electron chi connectivity index (χ2n) is 11.2. The maximum Gasteiger partial charge on any atom is 0.234 e. The number of hydrogen-bond acceptors (Lipinski definition) is 6.